The van der Waals surface area contributed by atoms with Gasteiger partial charge in [0.25, 0.3) is 5.91 Å². The maximum absolute atomic E-state index is 12.3. The van der Waals surface area contributed by atoms with Gasteiger partial charge >= 0.3 is 0 Å². The van der Waals surface area contributed by atoms with Crippen LogP contribution in [0.2, 0.25) is 0 Å². The van der Waals surface area contributed by atoms with Crippen molar-refractivity contribution in [3.8, 4) is 0 Å². The second-order valence-corrected chi connectivity index (χ2v) is 4.63. The van der Waals surface area contributed by atoms with E-state index in [1.54, 1.807) is 25.4 Å². The van der Waals surface area contributed by atoms with Gasteiger partial charge in [-0.15, -0.1) is 0 Å². The maximum atomic E-state index is 12.3. The fraction of sp³-hybridized carbons (Fsp3) is 0.250. The molecule has 5 heteroatoms. The lowest BCUT2D eigenvalue weighted by Crippen LogP contribution is -2.14. The summed E-state index contributed by atoms with van der Waals surface area (Å²) in [4.78, 5) is 16.4. The van der Waals surface area contributed by atoms with Gasteiger partial charge in [0.1, 0.15) is 5.82 Å². The Morgan fingerprint density at radius 2 is 2.14 bits per heavy atom. The van der Waals surface area contributed by atoms with E-state index in [1.165, 1.54) is 0 Å². The molecular weight excluding hydrogens is 266 g/mol. The van der Waals surface area contributed by atoms with Gasteiger partial charge in [-0.05, 0) is 42.7 Å². The van der Waals surface area contributed by atoms with E-state index in [0.29, 0.717) is 17.8 Å². The summed E-state index contributed by atoms with van der Waals surface area (Å²) in [5.41, 5.74) is 2.32. The number of nitrogens with zero attached hydrogens (tertiary/aromatic N) is 1. The Labute approximate surface area is 124 Å². The molecule has 1 aromatic heterocycles. The largest absolute Gasteiger partial charge is 0.396 e. The van der Waals surface area contributed by atoms with Crippen molar-refractivity contribution in [2.24, 2.45) is 0 Å². The van der Waals surface area contributed by atoms with E-state index < -0.39 is 0 Å². The molecule has 0 aliphatic heterocycles. The normalized spacial score (nSPS) is 10.2. The van der Waals surface area contributed by atoms with Crippen molar-refractivity contribution in [2.75, 3.05) is 24.3 Å². The fourth-order valence-electron chi connectivity index (χ4n) is 2.07. The molecule has 0 aliphatic rings. The number of aliphatic hydroxyl groups excluding tert-OH is 1. The van der Waals surface area contributed by atoms with Gasteiger partial charge in [0.15, 0.2) is 0 Å². The summed E-state index contributed by atoms with van der Waals surface area (Å²) in [6.07, 6.45) is 3.14. The van der Waals surface area contributed by atoms with Crippen LogP contribution in [0.4, 0.5) is 11.5 Å². The summed E-state index contributed by atoms with van der Waals surface area (Å²) < 4.78 is 0. The number of rotatable bonds is 6. The summed E-state index contributed by atoms with van der Waals surface area (Å²) in [5.74, 6) is 0.346. The standard InChI is InChI=1S/C16H19N3O2/c1-17-15-14(8-3-9-18-15)16(21)19-13-7-2-5-12(11-13)6-4-10-20/h2-3,5,7-9,11,20H,4,6,10H2,1H3,(H,17,18)(H,19,21). The zero-order chi connectivity index (χ0) is 15.1. The van der Waals surface area contributed by atoms with Crippen LogP contribution in [0.25, 0.3) is 0 Å². The van der Waals surface area contributed by atoms with Gasteiger partial charge in [0.05, 0.1) is 5.56 Å². The molecule has 110 valence electrons. The van der Waals surface area contributed by atoms with Crippen LogP contribution in [0.3, 0.4) is 0 Å². The predicted molar refractivity (Wildman–Crippen MR) is 83.6 cm³/mol. The minimum absolute atomic E-state index is 0.164. The Bertz CT molecular complexity index is 614. The summed E-state index contributed by atoms with van der Waals surface area (Å²) in [5, 5.41) is 14.6. The molecule has 0 saturated heterocycles. The highest BCUT2D eigenvalue weighted by atomic mass is 16.2. The van der Waals surface area contributed by atoms with Crippen LogP contribution in [-0.4, -0.2) is 29.7 Å². The van der Waals surface area contributed by atoms with Crippen molar-refractivity contribution in [2.45, 2.75) is 12.8 Å². The Balaban J connectivity index is 2.12. The van der Waals surface area contributed by atoms with E-state index in [4.69, 9.17) is 5.11 Å². The van der Waals surface area contributed by atoms with Crippen LogP contribution in [0, 0.1) is 0 Å². The average molecular weight is 285 g/mol. The minimum atomic E-state index is -0.202. The molecule has 0 radical (unpaired) electrons. The van der Waals surface area contributed by atoms with Crippen LogP contribution >= 0.6 is 0 Å². The molecule has 0 atom stereocenters. The van der Waals surface area contributed by atoms with Crippen molar-refractivity contribution in [1.29, 1.82) is 0 Å². The highest BCUT2D eigenvalue weighted by Gasteiger charge is 2.11. The van der Waals surface area contributed by atoms with Crippen LogP contribution in [0.1, 0.15) is 22.3 Å². The summed E-state index contributed by atoms with van der Waals surface area (Å²) in [6.45, 7) is 0.164. The van der Waals surface area contributed by atoms with Gasteiger partial charge in [-0.2, -0.15) is 0 Å². The molecule has 3 N–H and O–H groups in total. The number of pyridine rings is 1. The number of anilines is 2. The lowest BCUT2D eigenvalue weighted by atomic mass is 10.1. The Morgan fingerprint density at radius 1 is 1.29 bits per heavy atom. The average Bonchev–Trinajstić information content (AvgIpc) is 2.53. The topological polar surface area (TPSA) is 74.2 Å². The summed E-state index contributed by atoms with van der Waals surface area (Å²) >= 11 is 0. The van der Waals surface area contributed by atoms with Crippen LogP contribution < -0.4 is 10.6 Å². The van der Waals surface area contributed by atoms with Crippen molar-refractivity contribution >= 4 is 17.4 Å². The third-order valence-electron chi connectivity index (χ3n) is 3.10. The summed E-state index contributed by atoms with van der Waals surface area (Å²) in [6, 6.07) is 11.1. The summed E-state index contributed by atoms with van der Waals surface area (Å²) in [7, 11) is 1.73. The number of nitrogens with one attached hydrogen (secondary N) is 2. The molecule has 1 amide bonds. The zero-order valence-corrected chi connectivity index (χ0v) is 12.0. The lowest BCUT2D eigenvalue weighted by Gasteiger charge is -2.10. The molecule has 0 aliphatic carbocycles. The van der Waals surface area contributed by atoms with E-state index in [9.17, 15) is 4.79 Å². The van der Waals surface area contributed by atoms with Crippen molar-refractivity contribution < 1.29 is 9.90 Å². The number of benzene rings is 1. The minimum Gasteiger partial charge on any atom is -0.396 e. The number of carbonyl (C=O) groups excluding carboxylic acids is 1. The third-order valence-corrected chi connectivity index (χ3v) is 3.10. The zero-order valence-electron chi connectivity index (χ0n) is 12.0. The molecule has 0 saturated carbocycles. The Hall–Kier alpha value is -2.40. The van der Waals surface area contributed by atoms with E-state index >= 15 is 0 Å². The van der Waals surface area contributed by atoms with E-state index in [-0.39, 0.29) is 12.5 Å². The smallest absolute Gasteiger partial charge is 0.259 e. The molecule has 1 heterocycles. The monoisotopic (exact) mass is 285 g/mol. The van der Waals surface area contributed by atoms with Crippen LogP contribution in [0.5, 0.6) is 0 Å². The maximum Gasteiger partial charge on any atom is 0.259 e. The molecule has 1 aromatic carbocycles. The molecule has 0 fully saturated rings. The molecule has 2 aromatic rings. The van der Waals surface area contributed by atoms with Crippen molar-refractivity contribution in [3.05, 3.63) is 53.7 Å². The van der Waals surface area contributed by atoms with Gasteiger partial charge in [0, 0.05) is 25.5 Å². The molecular formula is C16H19N3O2. The highest BCUT2D eigenvalue weighted by molar-refractivity contribution is 6.07. The van der Waals surface area contributed by atoms with Crippen LogP contribution in [0.15, 0.2) is 42.6 Å². The first-order chi connectivity index (χ1) is 10.2. The van der Waals surface area contributed by atoms with E-state index in [1.807, 2.05) is 24.3 Å². The number of amides is 1. The van der Waals surface area contributed by atoms with E-state index in [2.05, 4.69) is 15.6 Å². The first kappa shape index (κ1) is 15.0. The quantitative estimate of drug-likeness (QED) is 0.761. The molecule has 0 spiro atoms. The van der Waals surface area contributed by atoms with Crippen molar-refractivity contribution in [1.82, 2.24) is 4.98 Å². The van der Waals surface area contributed by atoms with Crippen LogP contribution in [-0.2, 0) is 6.42 Å². The number of hydrogen-bond donors (Lipinski definition) is 3. The second kappa shape index (κ2) is 7.40. The first-order valence-corrected chi connectivity index (χ1v) is 6.88. The van der Waals surface area contributed by atoms with Gasteiger partial charge < -0.3 is 15.7 Å². The highest BCUT2D eigenvalue weighted by Crippen LogP contribution is 2.16. The number of hydrogen-bond acceptors (Lipinski definition) is 4. The Kier molecular flexibility index (Phi) is 5.29. The van der Waals surface area contributed by atoms with Gasteiger partial charge in [-0.1, -0.05) is 12.1 Å². The van der Waals surface area contributed by atoms with Gasteiger partial charge in [-0.3, -0.25) is 4.79 Å². The van der Waals surface area contributed by atoms with Gasteiger partial charge in [0.2, 0.25) is 0 Å². The number of aliphatic hydroxyl groups is 1. The molecule has 21 heavy (non-hydrogen) atoms. The SMILES string of the molecule is CNc1ncccc1C(=O)Nc1cccc(CCCO)c1. The molecule has 0 unspecified atom stereocenters. The lowest BCUT2D eigenvalue weighted by molar-refractivity contribution is 0.102. The predicted octanol–water partition coefficient (Wildman–Crippen LogP) is 2.30. The Morgan fingerprint density at radius 3 is 2.90 bits per heavy atom. The first-order valence-electron chi connectivity index (χ1n) is 6.88. The fourth-order valence-corrected chi connectivity index (χ4v) is 2.07. The molecule has 5 nitrogen and oxygen atoms in total. The van der Waals surface area contributed by atoms with E-state index in [0.717, 1.165) is 17.7 Å². The molecule has 0 bridgehead atoms. The number of aromatic nitrogens is 1. The van der Waals surface area contributed by atoms with Gasteiger partial charge in [-0.25, -0.2) is 4.98 Å². The second-order valence-electron chi connectivity index (χ2n) is 4.63. The third kappa shape index (κ3) is 4.03. The molecule has 2 rings (SSSR count). The van der Waals surface area contributed by atoms with Crippen molar-refractivity contribution in [3.63, 3.8) is 0 Å². The number of aryl methyl sites for hydroxylation is 1. The number of carbonyl (C=O) groups is 1.